The average Bonchev–Trinajstić information content (AvgIpc) is 3.30. The smallest absolute Gasteiger partial charge is 0.124 e. The molecule has 0 atom stereocenters. The molecule has 0 unspecified atom stereocenters. The van der Waals surface area contributed by atoms with Crippen molar-refractivity contribution < 1.29 is 8.91 Å². The van der Waals surface area contributed by atoms with Crippen molar-refractivity contribution >= 4 is 0 Å². The van der Waals surface area contributed by atoms with Crippen LogP contribution in [0.1, 0.15) is 25.5 Å². The highest BCUT2D eigenvalue weighted by molar-refractivity contribution is 5.57. The molecular weight excluding hydrogens is 319 g/mol. The van der Waals surface area contributed by atoms with Crippen LogP contribution >= 0.6 is 0 Å². The molecule has 130 valence electrons. The van der Waals surface area contributed by atoms with E-state index >= 15 is 0 Å². The normalized spacial score (nSPS) is 17.7. The minimum absolute atomic E-state index is 0.0472. The highest BCUT2D eigenvalue weighted by Crippen LogP contribution is 2.31. The van der Waals surface area contributed by atoms with Gasteiger partial charge < -0.3 is 9.09 Å². The number of hydrogen-bond donors (Lipinski definition) is 0. The predicted molar refractivity (Wildman–Crippen MR) is 92.3 cm³/mol. The molecule has 1 fully saturated rings. The van der Waals surface area contributed by atoms with Crippen molar-refractivity contribution in [3.8, 4) is 11.3 Å². The molecule has 6 heteroatoms. The third kappa shape index (κ3) is 3.35. The van der Waals surface area contributed by atoms with E-state index in [-0.39, 0.29) is 11.4 Å². The number of hydrogen-bond acceptors (Lipinski definition) is 4. The molecule has 1 aromatic carbocycles. The zero-order valence-electron chi connectivity index (χ0n) is 14.2. The number of nitrogens with zero attached hydrogens (tertiary/aromatic N) is 4. The van der Waals surface area contributed by atoms with Gasteiger partial charge in [0.1, 0.15) is 12.1 Å². The van der Waals surface area contributed by atoms with Crippen LogP contribution in [0.3, 0.4) is 0 Å². The fourth-order valence-electron chi connectivity index (χ4n) is 3.39. The number of piperidine rings is 1. The van der Waals surface area contributed by atoms with Gasteiger partial charge in [-0.2, -0.15) is 0 Å². The number of aromatic nitrogens is 3. The van der Waals surface area contributed by atoms with E-state index in [1.54, 1.807) is 18.4 Å². The number of rotatable bonds is 4. The summed E-state index contributed by atoms with van der Waals surface area (Å²) < 4.78 is 20.2. The Morgan fingerprint density at radius 3 is 2.60 bits per heavy atom. The van der Waals surface area contributed by atoms with Crippen LogP contribution in [-0.2, 0) is 12.1 Å². The maximum absolute atomic E-state index is 13.1. The van der Waals surface area contributed by atoms with E-state index in [1.165, 1.54) is 12.1 Å². The molecule has 2 aromatic heterocycles. The second-order valence-corrected chi connectivity index (χ2v) is 6.94. The SMILES string of the molecule is CC1(n2cnc(-c3ccc(F)cc3)c2)CCN(Cc2ccon2)CC1. The van der Waals surface area contributed by atoms with Gasteiger partial charge in [-0.3, -0.25) is 4.90 Å². The molecule has 1 aliphatic heterocycles. The summed E-state index contributed by atoms with van der Waals surface area (Å²) in [6.07, 6.45) is 7.67. The standard InChI is InChI=1S/C19H21FN4O/c1-19(7-9-23(10-8-19)12-17-6-11-25-22-17)24-13-18(21-14-24)15-2-4-16(20)5-3-15/h2-6,11,13-14H,7-10,12H2,1H3. The zero-order chi connectivity index (χ0) is 17.3. The summed E-state index contributed by atoms with van der Waals surface area (Å²) in [6.45, 7) is 5.12. The topological polar surface area (TPSA) is 47.1 Å². The number of benzene rings is 1. The average molecular weight is 340 g/mol. The van der Waals surface area contributed by atoms with Gasteiger partial charge >= 0.3 is 0 Å². The molecule has 0 saturated carbocycles. The third-order valence-electron chi connectivity index (χ3n) is 5.16. The lowest BCUT2D eigenvalue weighted by atomic mass is 9.89. The Morgan fingerprint density at radius 1 is 1.16 bits per heavy atom. The second kappa shape index (κ2) is 6.44. The Bertz CT molecular complexity index is 817. The molecule has 25 heavy (non-hydrogen) atoms. The van der Waals surface area contributed by atoms with Crippen molar-refractivity contribution in [2.75, 3.05) is 13.1 Å². The van der Waals surface area contributed by atoms with Crippen LogP contribution in [0.25, 0.3) is 11.3 Å². The maximum Gasteiger partial charge on any atom is 0.124 e. The quantitative estimate of drug-likeness (QED) is 0.727. The van der Waals surface area contributed by atoms with Gasteiger partial charge in [-0.25, -0.2) is 9.37 Å². The van der Waals surface area contributed by atoms with Gasteiger partial charge in [-0.15, -0.1) is 0 Å². The molecule has 0 radical (unpaired) electrons. The molecule has 0 spiro atoms. The van der Waals surface area contributed by atoms with E-state index in [4.69, 9.17) is 4.52 Å². The lowest BCUT2D eigenvalue weighted by Gasteiger charge is -2.40. The molecule has 0 amide bonds. The summed E-state index contributed by atoms with van der Waals surface area (Å²) in [5.74, 6) is -0.227. The van der Waals surface area contributed by atoms with Gasteiger partial charge in [-0.05, 0) is 44.0 Å². The monoisotopic (exact) mass is 340 g/mol. The molecule has 5 nitrogen and oxygen atoms in total. The molecule has 3 heterocycles. The Kier molecular flexibility index (Phi) is 4.13. The van der Waals surface area contributed by atoms with Gasteiger partial charge in [0.2, 0.25) is 0 Å². The summed E-state index contributed by atoms with van der Waals surface area (Å²) in [7, 11) is 0. The van der Waals surface area contributed by atoms with Crippen molar-refractivity contribution in [2.45, 2.75) is 31.8 Å². The van der Waals surface area contributed by atoms with Crippen molar-refractivity contribution in [3.63, 3.8) is 0 Å². The highest BCUT2D eigenvalue weighted by Gasteiger charge is 2.32. The minimum Gasteiger partial charge on any atom is -0.364 e. The molecule has 3 aromatic rings. The van der Waals surface area contributed by atoms with Crippen LogP contribution in [0.5, 0.6) is 0 Å². The van der Waals surface area contributed by atoms with E-state index in [0.29, 0.717) is 0 Å². The fraction of sp³-hybridized carbons (Fsp3) is 0.368. The lowest BCUT2D eigenvalue weighted by Crippen LogP contribution is -2.43. The van der Waals surface area contributed by atoms with Crippen molar-refractivity contribution in [3.05, 3.63) is 60.6 Å². The van der Waals surface area contributed by atoms with Crippen molar-refractivity contribution in [2.24, 2.45) is 0 Å². The minimum atomic E-state index is -0.227. The van der Waals surface area contributed by atoms with Gasteiger partial charge in [0.25, 0.3) is 0 Å². The van der Waals surface area contributed by atoms with Crippen LogP contribution in [-0.4, -0.2) is 32.7 Å². The van der Waals surface area contributed by atoms with E-state index in [1.807, 2.05) is 12.4 Å². The van der Waals surface area contributed by atoms with Crippen molar-refractivity contribution in [1.82, 2.24) is 19.6 Å². The summed E-state index contributed by atoms with van der Waals surface area (Å²) in [5, 5.41) is 3.99. The van der Waals surface area contributed by atoms with Gasteiger partial charge in [0.15, 0.2) is 0 Å². The fourth-order valence-corrected chi connectivity index (χ4v) is 3.39. The number of likely N-dealkylation sites (tertiary alicyclic amines) is 1. The van der Waals surface area contributed by atoms with Crippen LogP contribution in [0.2, 0.25) is 0 Å². The van der Waals surface area contributed by atoms with Crippen LogP contribution in [0.4, 0.5) is 4.39 Å². The van der Waals surface area contributed by atoms with Crippen molar-refractivity contribution in [1.29, 1.82) is 0 Å². The Labute approximate surface area is 146 Å². The lowest BCUT2D eigenvalue weighted by molar-refractivity contribution is 0.116. The van der Waals surface area contributed by atoms with E-state index < -0.39 is 0 Å². The summed E-state index contributed by atoms with van der Waals surface area (Å²) >= 11 is 0. The first-order chi connectivity index (χ1) is 12.1. The summed E-state index contributed by atoms with van der Waals surface area (Å²) in [6, 6.07) is 8.39. The maximum atomic E-state index is 13.1. The van der Waals surface area contributed by atoms with Crippen LogP contribution in [0.15, 0.2) is 53.6 Å². The molecule has 1 aliphatic rings. The van der Waals surface area contributed by atoms with E-state index in [2.05, 4.69) is 32.7 Å². The first-order valence-electron chi connectivity index (χ1n) is 8.54. The van der Waals surface area contributed by atoms with Crippen LogP contribution in [0, 0.1) is 5.82 Å². The molecular formula is C19H21FN4O. The Morgan fingerprint density at radius 2 is 1.92 bits per heavy atom. The van der Waals surface area contributed by atoms with E-state index in [0.717, 1.165) is 49.4 Å². The zero-order valence-corrected chi connectivity index (χ0v) is 14.2. The van der Waals surface area contributed by atoms with Gasteiger partial charge in [0.05, 0.1) is 17.7 Å². The molecule has 4 rings (SSSR count). The van der Waals surface area contributed by atoms with Gasteiger partial charge in [-0.1, -0.05) is 5.16 Å². The number of imidazole rings is 1. The van der Waals surface area contributed by atoms with Crippen LogP contribution < -0.4 is 0 Å². The summed E-state index contributed by atoms with van der Waals surface area (Å²) in [4.78, 5) is 6.92. The Balaban J connectivity index is 1.44. The molecule has 0 bridgehead atoms. The van der Waals surface area contributed by atoms with E-state index in [9.17, 15) is 4.39 Å². The molecule has 0 aliphatic carbocycles. The molecule has 1 saturated heterocycles. The summed E-state index contributed by atoms with van der Waals surface area (Å²) in [5.41, 5.74) is 2.84. The first-order valence-corrected chi connectivity index (χ1v) is 8.54. The predicted octanol–water partition coefficient (Wildman–Crippen LogP) is 3.69. The Hall–Kier alpha value is -2.47. The van der Waals surface area contributed by atoms with Gasteiger partial charge in [0, 0.05) is 43.0 Å². The first kappa shape index (κ1) is 16.0. The number of halogens is 1. The largest absolute Gasteiger partial charge is 0.364 e. The molecule has 0 N–H and O–H groups in total. The second-order valence-electron chi connectivity index (χ2n) is 6.94. The third-order valence-corrected chi connectivity index (χ3v) is 5.16. The highest BCUT2D eigenvalue weighted by atomic mass is 19.1.